The number of hydrogen-bond acceptors (Lipinski definition) is 2. The van der Waals surface area contributed by atoms with E-state index >= 15 is 0 Å². The van der Waals surface area contributed by atoms with Gasteiger partial charge in [0, 0.05) is 4.47 Å². The van der Waals surface area contributed by atoms with Crippen LogP contribution in [0.5, 0.6) is 0 Å². The van der Waals surface area contributed by atoms with Crippen LogP contribution < -0.4 is 0 Å². The second-order valence-corrected chi connectivity index (χ2v) is 4.95. The highest BCUT2D eigenvalue weighted by atomic mass is 79.9. The number of benzene rings is 2. The summed E-state index contributed by atoms with van der Waals surface area (Å²) in [6.07, 6.45) is 1.45. The van der Waals surface area contributed by atoms with Crippen LogP contribution in [0.1, 0.15) is 15.9 Å². The Bertz CT molecular complexity index is 714. The highest BCUT2D eigenvalue weighted by molar-refractivity contribution is 9.10. The van der Waals surface area contributed by atoms with Crippen LogP contribution in [0.3, 0.4) is 0 Å². The fraction of sp³-hybridized carbons (Fsp3) is 0. The number of carbonyl (C=O) groups is 1. The number of carbonyl (C=O) groups excluding carboxylic acids is 1. The van der Waals surface area contributed by atoms with E-state index in [1.807, 2.05) is 6.07 Å². The molecule has 0 aromatic heterocycles. The van der Waals surface area contributed by atoms with Gasteiger partial charge >= 0.3 is 0 Å². The fourth-order valence-corrected chi connectivity index (χ4v) is 1.93. The maximum Gasteiger partial charge on any atom is 0.206 e. The second-order valence-electron chi connectivity index (χ2n) is 4.03. The van der Waals surface area contributed by atoms with Crippen molar-refractivity contribution in [3.8, 4) is 6.07 Å². The van der Waals surface area contributed by atoms with Crippen molar-refractivity contribution in [2.75, 3.05) is 0 Å². The van der Waals surface area contributed by atoms with Gasteiger partial charge in [0.15, 0.2) is 0 Å². The van der Waals surface area contributed by atoms with Crippen LogP contribution in [0.25, 0.3) is 6.08 Å². The Morgan fingerprint density at radius 3 is 2.40 bits per heavy atom. The lowest BCUT2D eigenvalue weighted by Crippen LogP contribution is -2.04. The first kappa shape index (κ1) is 14.2. The first-order chi connectivity index (χ1) is 9.61. The van der Waals surface area contributed by atoms with Crippen molar-refractivity contribution < 1.29 is 9.18 Å². The number of ketones is 1. The van der Waals surface area contributed by atoms with Gasteiger partial charge in [-0.05, 0) is 35.9 Å². The largest absolute Gasteiger partial charge is 0.288 e. The molecule has 2 nitrogen and oxygen atoms in total. The van der Waals surface area contributed by atoms with Crippen molar-refractivity contribution in [2.24, 2.45) is 0 Å². The van der Waals surface area contributed by atoms with Crippen LogP contribution in [-0.4, -0.2) is 5.78 Å². The minimum Gasteiger partial charge on any atom is -0.288 e. The summed E-state index contributed by atoms with van der Waals surface area (Å²) in [6, 6.07) is 14.6. The van der Waals surface area contributed by atoms with Crippen LogP contribution in [0, 0.1) is 17.1 Å². The van der Waals surface area contributed by atoms with E-state index in [2.05, 4.69) is 15.9 Å². The molecule has 0 N–H and O–H groups in total. The van der Waals surface area contributed by atoms with Gasteiger partial charge < -0.3 is 0 Å². The topological polar surface area (TPSA) is 40.9 Å². The molecule has 2 aromatic carbocycles. The number of nitriles is 1. The molecule has 0 atom stereocenters. The number of rotatable bonds is 3. The fourth-order valence-electron chi connectivity index (χ4n) is 1.66. The Hall–Kier alpha value is -2.25. The molecule has 0 amide bonds. The third-order valence-corrected chi connectivity index (χ3v) is 3.19. The molecular formula is C16H9BrFNO. The van der Waals surface area contributed by atoms with Crippen molar-refractivity contribution in [3.63, 3.8) is 0 Å². The van der Waals surface area contributed by atoms with Crippen LogP contribution in [0.4, 0.5) is 4.39 Å². The van der Waals surface area contributed by atoms with Gasteiger partial charge in [0.25, 0.3) is 0 Å². The van der Waals surface area contributed by atoms with E-state index in [0.29, 0.717) is 5.56 Å². The summed E-state index contributed by atoms with van der Waals surface area (Å²) in [7, 11) is 0. The van der Waals surface area contributed by atoms with Gasteiger partial charge in [0.2, 0.25) is 5.78 Å². The minimum absolute atomic E-state index is 0.0996. The molecule has 2 rings (SSSR count). The van der Waals surface area contributed by atoms with Crippen LogP contribution in [0.15, 0.2) is 58.6 Å². The van der Waals surface area contributed by atoms with E-state index in [1.165, 1.54) is 24.3 Å². The molecular weight excluding hydrogens is 321 g/mol. The zero-order chi connectivity index (χ0) is 14.5. The maximum absolute atomic E-state index is 13.6. The number of Topliss-reactive ketones (excluding diaryl/α,β-unsaturated/α-hetero) is 1. The smallest absolute Gasteiger partial charge is 0.206 e. The molecule has 0 aliphatic carbocycles. The molecule has 0 heterocycles. The summed E-state index contributed by atoms with van der Waals surface area (Å²) in [4.78, 5) is 12.1. The van der Waals surface area contributed by atoms with E-state index < -0.39 is 11.6 Å². The van der Waals surface area contributed by atoms with Gasteiger partial charge in [0.1, 0.15) is 17.5 Å². The van der Waals surface area contributed by atoms with E-state index in [1.54, 1.807) is 30.3 Å². The van der Waals surface area contributed by atoms with Gasteiger partial charge in [-0.3, -0.25) is 4.79 Å². The molecule has 0 spiro atoms. The zero-order valence-corrected chi connectivity index (χ0v) is 11.9. The minimum atomic E-state index is -0.630. The Labute approximate surface area is 124 Å². The van der Waals surface area contributed by atoms with Crippen molar-refractivity contribution in [1.29, 1.82) is 5.26 Å². The Balaban J connectivity index is 2.38. The molecule has 0 radical (unpaired) electrons. The monoisotopic (exact) mass is 329 g/mol. The van der Waals surface area contributed by atoms with Gasteiger partial charge in [-0.2, -0.15) is 5.26 Å². The predicted octanol–water partition coefficient (Wildman–Crippen LogP) is 4.38. The number of hydrogen-bond donors (Lipinski definition) is 0. The zero-order valence-electron chi connectivity index (χ0n) is 10.3. The van der Waals surface area contributed by atoms with E-state index in [0.717, 1.165) is 4.47 Å². The molecule has 0 bridgehead atoms. The average Bonchev–Trinajstić information content (AvgIpc) is 2.46. The third kappa shape index (κ3) is 3.19. The SMILES string of the molecule is N#C/C(=C\c1ccc(Br)cc1)C(=O)c1ccccc1F. The normalized spacial score (nSPS) is 10.9. The molecule has 0 unspecified atom stereocenters. The summed E-state index contributed by atoms with van der Waals surface area (Å²) in [5, 5.41) is 9.09. The van der Waals surface area contributed by atoms with E-state index in [4.69, 9.17) is 5.26 Å². The lowest BCUT2D eigenvalue weighted by molar-refractivity contribution is 0.103. The van der Waals surface area contributed by atoms with Crippen molar-refractivity contribution >= 4 is 27.8 Å². The molecule has 0 aliphatic rings. The van der Waals surface area contributed by atoms with Crippen LogP contribution >= 0.6 is 15.9 Å². The summed E-state index contributed by atoms with van der Waals surface area (Å²) in [5.74, 6) is -1.25. The average molecular weight is 330 g/mol. The Kier molecular flexibility index (Phi) is 4.44. The molecule has 20 heavy (non-hydrogen) atoms. The number of allylic oxidation sites excluding steroid dienone is 1. The van der Waals surface area contributed by atoms with Gasteiger partial charge in [-0.1, -0.05) is 40.2 Å². The predicted molar refractivity (Wildman–Crippen MR) is 78.5 cm³/mol. The van der Waals surface area contributed by atoms with E-state index in [9.17, 15) is 9.18 Å². The molecule has 4 heteroatoms. The molecule has 0 saturated carbocycles. The molecule has 98 valence electrons. The van der Waals surface area contributed by atoms with E-state index in [-0.39, 0.29) is 11.1 Å². The number of halogens is 2. The quantitative estimate of drug-likeness (QED) is 0.476. The summed E-state index contributed by atoms with van der Waals surface area (Å²) in [6.45, 7) is 0. The molecule has 0 fully saturated rings. The Morgan fingerprint density at radius 1 is 1.15 bits per heavy atom. The van der Waals surface area contributed by atoms with Crippen LogP contribution in [-0.2, 0) is 0 Å². The molecule has 0 saturated heterocycles. The van der Waals surface area contributed by atoms with Crippen LogP contribution in [0.2, 0.25) is 0 Å². The highest BCUT2D eigenvalue weighted by Crippen LogP contribution is 2.17. The lowest BCUT2D eigenvalue weighted by Gasteiger charge is -2.01. The highest BCUT2D eigenvalue weighted by Gasteiger charge is 2.15. The van der Waals surface area contributed by atoms with Crippen molar-refractivity contribution in [3.05, 3.63) is 75.5 Å². The first-order valence-corrected chi connectivity index (χ1v) is 6.57. The molecule has 0 aliphatic heterocycles. The molecule has 2 aromatic rings. The summed E-state index contributed by atoms with van der Waals surface area (Å²) in [5.41, 5.74) is 0.504. The first-order valence-electron chi connectivity index (χ1n) is 5.78. The third-order valence-electron chi connectivity index (χ3n) is 2.66. The summed E-state index contributed by atoms with van der Waals surface area (Å²) >= 11 is 3.30. The van der Waals surface area contributed by atoms with Gasteiger partial charge in [-0.15, -0.1) is 0 Å². The van der Waals surface area contributed by atoms with Gasteiger partial charge in [-0.25, -0.2) is 4.39 Å². The maximum atomic E-state index is 13.6. The number of nitrogens with zero attached hydrogens (tertiary/aromatic N) is 1. The van der Waals surface area contributed by atoms with Crippen molar-refractivity contribution in [2.45, 2.75) is 0 Å². The van der Waals surface area contributed by atoms with Gasteiger partial charge in [0.05, 0.1) is 5.56 Å². The van der Waals surface area contributed by atoms with Crippen molar-refractivity contribution in [1.82, 2.24) is 0 Å². The summed E-state index contributed by atoms with van der Waals surface area (Å²) < 4.78 is 14.5. The Morgan fingerprint density at radius 2 is 1.80 bits per heavy atom. The standard InChI is InChI=1S/C16H9BrFNO/c17-13-7-5-11(6-8-13)9-12(10-19)16(20)14-3-1-2-4-15(14)18/h1-9H/b12-9+. The lowest BCUT2D eigenvalue weighted by atomic mass is 10.0. The second kappa shape index (κ2) is 6.27.